The molecule has 7 nitrogen and oxygen atoms in total. The highest BCUT2D eigenvalue weighted by molar-refractivity contribution is 5.94. The number of anilines is 1. The average Bonchev–Trinajstić information content (AvgIpc) is 3.39. The maximum absolute atomic E-state index is 12.7. The monoisotopic (exact) mass is 471 g/mol. The van der Waals surface area contributed by atoms with Crippen molar-refractivity contribution in [3.63, 3.8) is 0 Å². The van der Waals surface area contributed by atoms with E-state index in [1.807, 2.05) is 42.6 Å². The van der Waals surface area contributed by atoms with Crippen molar-refractivity contribution in [3.8, 4) is 16.9 Å². The molecule has 0 atom stereocenters. The first-order valence-electron chi connectivity index (χ1n) is 12.5. The molecule has 5 rings (SSSR count). The van der Waals surface area contributed by atoms with Gasteiger partial charge in [-0.3, -0.25) is 9.78 Å². The first-order valence-corrected chi connectivity index (χ1v) is 12.5. The average molecular weight is 472 g/mol. The van der Waals surface area contributed by atoms with Crippen molar-refractivity contribution in [1.82, 2.24) is 20.2 Å². The second-order valence-electron chi connectivity index (χ2n) is 9.51. The van der Waals surface area contributed by atoms with Crippen LogP contribution in [0.2, 0.25) is 0 Å². The van der Waals surface area contributed by atoms with Crippen molar-refractivity contribution < 1.29 is 9.53 Å². The van der Waals surface area contributed by atoms with Crippen molar-refractivity contribution >= 4 is 11.7 Å². The molecule has 0 bridgehead atoms. The SMILES string of the molecule is CN1CCC(CCNC(=O)c2cccc(CNc3ncc(-c4ccncc4)c4c3CCO4)c2)CC1. The van der Waals surface area contributed by atoms with E-state index in [9.17, 15) is 4.79 Å². The lowest BCUT2D eigenvalue weighted by atomic mass is 9.94. The second kappa shape index (κ2) is 10.9. The van der Waals surface area contributed by atoms with Crippen LogP contribution in [-0.4, -0.2) is 54.1 Å². The predicted molar refractivity (Wildman–Crippen MR) is 138 cm³/mol. The Balaban J connectivity index is 1.19. The van der Waals surface area contributed by atoms with Crippen LogP contribution in [0.3, 0.4) is 0 Å². The maximum atomic E-state index is 12.7. The zero-order chi connectivity index (χ0) is 24.0. The van der Waals surface area contributed by atoms with Crippen molar-refractivity contribution in [2.75, 3.05) is 38.6 Å². The van der Waals surface area contributed by atoms with Gasteiger partial charge >= 0.3 is 0 Å². The minimum atomic E-state index is -0.00565. The van der Waals surface area contributed by atoms with Crippen LogP contribution in [0.15, 0.2) is 55.0 Å². The van der Waals surface area contributed by atoms with Crippen LogP contribution in [0.5, 0.6) is 5.75 Å². The van der Waals surface area contributed by atoms with E-state index in [1.54, 1.807) is 12.4 Å². The van der Waals surface area contributed by atoms with E-state index >= 15 is 0 Å². The highest BCUT2D eigenvalue weighted by Crippen LogP contribution is 2.39. The molecule has 0 saturated carbocycles. The molecule has 2 aromatic heterocycles. The molecule has 7 heteroatoms. The van der Waals surface area contributed by atoms with Crippen LogP contribution in [0.4, 0.5) is 5.82 Å². The molecular formula is C28H33N5O2. The molecule has 0 radical (unpaired) electrons. The number of rotatable bonds is 8. The third-order valence-corrected chi connectivity index (χ3v) is 7.04. The molecule has 2 N–H and O–H groups in total. The number of piperidine rings is 1. The number of nitrogens with one attached hydrogen (secondary N) is 2. The number of hydrogen-bond donors (Lipinski definition) is 2. The van der Waals surface area contributed by atoms with Gasteiger partial charge in [0, 0.05) is 54.8 Å². The topological polar surface area (TPSA) is 79.4 Å². The van der Waals surface area contributed by atoms with E-state index in [0.29, 0.717) is 24.6 Å². The lowest BCUT2D eigenvalue weighted by molar-refractivity contribution is 0.0949. The van der Waals surface area contributed by atoms with Gasteiger partial charge in [-0.15, -0.1) is 0 Å². The highest BCUT2D eigenvalue weighted by atomic mass is 16.5. The standard InChI is InChI=1S/C28H33N5O2/c1-33-14-8-20(9-15-33)5-13-30-28(34)23-4-2-3-21(17-23)18-31-27-24-10-16-35-26(24)25(19-32-27)22-6-11-29-12-7-22/h2-4,6-7,11-12,17,19-20H,5,8-10,13-16,18H2,1H3,(H,30,34)(H,31,32). The fraction of sp³-hybridized carbons (Fsp3) is 0.393. The number of aromatic nitrogens is 2. The zero-order valence-electron chi connectivity index (χ0n) is 20.3. The van der Waals surface area contributed by atoms with Crippen molar-refractivity contribution in [2.45, 2.75) is 32.2 Å². The summed E-state index contributed by atoms with van der Waals surface area (Å²) >= 11 is 0. The number of ether oxygens (including phenoxy) is 1. The number of hydrogen-bond acceptors (Lipinski definition) is 6. The largest absolute Gasteiger partial charge is 0.492 e. The molecule has 0 spiro atoms. The Morgan fingerprint density at radius 1 is 1.17 bits per heavy atom. The number of likely N-dealkylation sites (tertiary alicyclic amines) is 1. The normalized spacial score (nSPS) is 15.9. The molecule has 4 heterocycles. The first kappa shape index (κ1) is 23.3. The van der Waals surface area contributed by atoms with Gasteiger partial charge in [0.25, 0.3) is 5.91 Å². The minimum absolute atomic E-state index is 0.00565. The van der Waals surface area contributed by atoms with E-state index < -0.39 is 0 Å². The molecular weight excluding hydrogens is 438 g/mol. The molecule has 0 unspecified atom stereocenters. The van der Waals surface area contributed by atoms with Crippen molar-refractivity contribution in [1.29, 1.82) is 0 Å². The van der Waals surface area contributed by atoms with Gasteiger partial charge in [-0.2, -0.15) is 0 Å². The summed E-state index contributed by atoms with van der Waals surface area (Å²) < 4.78 is 5.96. The summed E-state index contributed by atoms with van der Waals surface area (Å²) in [4.78, 5) is 23.9. The Kier molecular flexibility index (Phi) is 7.23. The summed E-state index contributed by atoms with van der Waals surface area (Å²) in [5.41, 5.74) is 4.88. The number of amides is 1. The minimum Gasteiger partial charge on any atom is -0.492 e. The van der Waals surface area contributed by atoms with Crippen LogP contribution in [-0.2, 0) is 13.0 Å². The van der Waals surface area contributed by atoms with Crippen LogP contribution < -0.4 is 15.4 Å². The second-order valence-corrected chi connectivity index (χ2v) is 9.51. The lowest BCUT2D eigenvalue weighted by Gasteiger charge is -2.28. The molecule has 2 aliphatic rings. The summed E-state index contributed by atoms with van der Waals surface area (Å²) in [5, 5.41) is 6.56. The smallest absolute Gasteiger partial charge is 0.251 e. The van der Waals surface area contributed by atoms with E-state index in [-0.39, 0.29) is 5.91 Å². The Bertz CT molecular complexity index is 1160. The number of pyridine rings is 2. The fourth-order valence-corrected chi connectivity index (χ4v) is 4.93. The summed E-state index contributed by atoms with van der Waals surface area (Å²) in [6.07, 6.45) is 9.73. The third-order valence-electron chi connectivity index (χ3n) is 7.04. The zero-order valence-corrected chi connectivity index (χ0v) is 20.3. The van der Waals surface area contributed by atoms with Gasteiger partial charge in [0.2, 0.25) is 0 Å². The number of benzene rings is 1. The van der Waals surface area contributed by atoms with Gasteiger partial charge in [0.1, 0.15) is 11.6 Å². The number of fused-ring (bicyclic) bond motifs is 1. The van der Waals surface area contributed by atoms with Crippen LogP contribution in [0.25, 0.3) is 11.1 Å². The maximum Gasteiger partial charge on any atom is 0.251 e. The van der Waals surface area contributed by atoms with Crippen molar-refractivity contribution in [2.24, 2.45) is 5.92 Å². The fourth-order valence-electron chi connectivity index (χ4n) is 4.93. The number of carbonyl (C=O) groups excluding carboxylic acids is 1. The lowest BCUT2D eigenvalue weighted by Crippen LogP contribution is -2.32. The van der Waals surface area contributed by atoms with Gasteiger partial charge < -0.3 is 20.3 Å². The number of nitrogens with zero attached hydrogens (tertiary/aromatic N) is 3. The van der Waals surface area contributed by atoms with Gasteiger partial charge in [-0.25, -0.2) is 4.98 Å². The molecule has 0 aliphatic carbocycles. The molecule has 1 amide bonds. The molecule has 182 valence electrons. The van der Waals surface area contributed by atoms with E-state index in [1.165, 1.54) is 12.8 Å². The first-order chi connectivity index (χ1) is 17.2. The van der Waals surface area contributed by atoms with Gasteiger partial charge in [0.05, 0.1) is 6.61 Å². The van der Waals surface area contributed by atoms with Gasteiger partial charge in [-0.1, -0.05) is 12.1 Å². The van der Waals surface area contributed by atoms with Crippen LogP contribution in [0.1, 0.15) is 40.7 Å². The molecule has 2 aliphatic heterocycles. The van der Waals surface area contributed by atoms with Crippen LogP contribution >= 0.6 is 0 Å². The summed E-state index contributed by atoms with van der Waals surface area (Å²) in [6.45, 7) is 4.29. The predicted octanol–water partition coefficient (Wildman–Crippen LogP) is 4.15. The quantitative estimate of drug-likeness (QED) is 0.514. The van der Waals surface area contributed by atoms with E-state index in [0.717, 1.165) is 66.3 Å². The van der Waals surface area contributed by atoms with Gasteiger partial charge in [0.15, 0.2) is 0 Å². The summed E-state index contributed by atoms with van der Waals surface area (Å²) in [6, 6.07) is 11.7. The molecule has 1 saturated heterocycles. The highest BCUT2D eigenvalue weighted by Gasteiger charge is 2.22. The molecule has 1 aromatic carbocycles. The number of carbonyl (C=O) groups is 1. The molecule has 35 heavy (non-hydrogen) atoms. The summed E-state index contributed by atoms with van der Waals surface area (Å²) in [7, 11) is 2.18. The van der Waals surface area contributed by atoms with Crippen LogP contribution in [0, 0.1) is 5.92 Å². The molecule has 1 fully saturated rings. The van der Waals surface area contributed by atoms with Gasteiger partial charge in [-0.05, 0) is 80.7 Å². The third kappa shape index (κ3) is 5.62. The molecule has 3 aromatic rings. The Morgan fingerprint density at radius 3 is 2.83 bits per heavy atom. The Morgan fingerprint density at radius 2 is 2.00 bits per heavy atom. The van der Waals surface area contributed by atoms with E-state index in [2.05, 4.69) is 27.6 Å². The Hall–Kier alpha value is -3.45. The van der Waals surface area contributed by atoms with Crippen molar-refractivity contribution in [3.05, 3.63) is 71.7 Å². The van der Waals surface area contributed by atoms with E-state index in [4.69, 9.17) is 9.72 Å². The summed E-state index contributed by atoms with van der Waals surface area (Å²) in [5.74, 6) is 2.44. The Labute approximate surface area is 206 Å².